The summed E-state index contributed by atoms with van der Waals surface area (Å²) in [6.07, 6.45) is 3.01. The largest absolute Gasteiger partial charge is 0.489 e. The maximum atomic E-state index is 13.2. The van der Waals surface area contributed by atoms with Crippen LogP contribution in [-0.4, -0.2) is 39.6 Å². The minimum absolute atomic E-state index is 0.0319. The molecule has 0 aliphatic heterocycles. The molecule has 2 aromatic carbocycles. The van der Waals surface area contributed by atoms with Gasteiger partial charge in [0.2, 0.25) is 5.91 Å². The lowest BCUT2D eigenvalue weighted by Crippen LogP contribution is -2.55. The van der Waals surface area contributed by atoms with Crippen LogP contribution in [0.15, 0.2) is 54.6 Å². The van der Waals surface area contributed by atoms with Gasteiger partial charge in [-0.3, -0.25) is 19.8 Å². The third kappa shape index (κ3) is 6.84. The highest BCUT2D eigenvalue weighted by Gasteiger charge is 2.38. The molecular weight excluding hydrogens is 468 g/mol. The molecule has 3 aromatic rings. The van der Waals surface area contributed by atoms with E-state index in [0.717, 1.165) is 35.0 Å². The van der Waals surface area contributed by atoms with Gasteiger partial charge in [-0.1, -0.05) is 32.0 Å². The van der Waals surface area contributed by atoms with Crippen molar-refractivity contribution in [2.75, 3.05) is 0 Å². The van der Waals surface area contributed by atoms with Crippen molar-refractivity contribution in [2.24, 2.45) is 0 Å². The molecule has 1 aliphatic rings. The number of hydrogen-bond acceptors (Lipinski definition) is 6. The van der Waals surface area contributed by atoms with Crippen molar-refractivity contribution in [3.8, 4) is 5.75 Å². The Labute approximate surface area is 217 Å². The van der Waals surface area contributed by atoms with Gasteiger partial charge in [0.05, 0.1) is 11.9 Å². The molecule has 1 aromatic heterocycles. The number of hydrogen-bond donors (Lipinski definition) is 4. The number of para-hydroxylation sites is 1. The number of carbonyl (C=O) groups is 2. The summed E-state index contributed by atoms with van der Waals surface area (Å²) in [5.41, 5.74) is 4.43. The number of amides is 2. The average Bonchev–Trinajstić information content (AvgIpc) is 2.88. The first-order valence-electron chi connectivity index (χ1n) is 12.9. The number of nitrogens with zero attached hydrogens (tertiary/aromatic N) is 1. The number of aryl methyl sites for hydroxylation is 1. The summed E-state index contributed by atoms with van der Waals surface area (Å²) in [6, 6.07) is 17.7. The van der Waals surface area contributed by atoms with Crippen LogP contribution < -0.4 is 20.9 Å². The van der Waals surface area contributed by atoms with Crippen LogP contribution in [0.4, 0.5) is 0 Å². The number of carbonyl (C=O) groups excluding carboxylic acids is 2. The van der Waals surface area contributed by atoms with Crippen LogP contribution in [0.5, 0.6) is 5.75 Å². The summed E-state index contributed by atoms with van der Waals surface area (Å²) in [6.45, 7) is 6.57. The van der Waals surface area contributed by atoms with E-state index in [-0.39, 0.29) is 12.3 Å². The van der Waals surface area contributed by atoms with Crippen molar-refractivity contribution in [1.29, 1.82) is 0 Å². The van der Waals surface area contributed by atoms with Gasteiger partial charge in [0.15, 0.2) is 0 Å². The Hall–Kier alpha value is -3.49. The second-order valence-corrected chi connectivity index (χ2v) is 10.3. The molecule has 1 heterocycles. The molecule has 0 atom stereocenters. The van der Waals surface area contributed by atoms with E-state index in [1.54, 1.807) is 29.7 Å². The Kier molecular flexibility index (Phi) is 8.41. The average molecular weight is 505 g/mol. The molecule has 1 saturated carbocycles. The first-order chi connectivity index (χ1) is 17.8. The van der Waals surface area contributed by atoms with Crippen molar-refractivity contribution in [2.45, 2.75) is 77.1 Å². The third-order valence-corrected chi connectivity index (χ3v) is 6.95. The summed E-state index contributed by atoms with van der Waals surface area (Å²) < 4.78 is 6.02. The van der Waals surface area contributed by atoms with Crippen molar-refractivity contribution in [1.82, 2.24) is 21.1 Å². The Bertz CT molecular complexity index is 1230. The molecule has 0 saturated heterocycles. The minimum atomic E-state index is -0.700. The number of nitrogens with one attached hydrogen (secondary N) is 3. The smallest absolute Gasteiger partial charge is 0.251 e. The topological polar surface area (TPSA) is 113 Å². The van der Waals surface area contributed by atoms with Gasteiger partial charge in [0.25, 0.3) is 5.91 Å². The van der Waals surface area contributed by atoms with Crippen LogP contribution in [0.2, 0.25) is 0 Å². The highest BCUT2D eigenvalue weighted by molar-refractivity contribution is 5.95. The zero-order chi connectivity index (χ0) is 26.4. The SMILES string of the molecule is Cc1cc(COc2ccc(C(=O)NC3(CC(=O)NO)CCC(NC(C)C)CC3)cc2)c2ccccc2n1. The number of hydroxylamine groups is 1. The quantitative estimate of drug-likeness (QED) is 0.253. The van der Waals surface area contributed by atoms with E-state index < -0.39 is 11.4 Å². The van der Waals surface area contributed by atoms with Crippen LogP contribution in [0.25, 0.3) is 10.9 Å². The van der Waals surface area contributed by atoms with Gasteiger partial charge >= 0.3 is 0 Å². The predicted octanol–water partition coefficient (Wildman–Crippen LogP) is 4.43. The van der Waals surface area contributed by atoms with Gasteiger partial charge in [-0.2, -0.15) is 0 Å². The Morgan fingerprint density at radius 2 is 1.81 bits per heavy atom. The lowest BCUT2D eigenvalue weighted by atomic mass is 9.76. The minimum Gasteiger partial charge on any atom is -0.489 e. The fourth-order valence-electron chi connectivity index (χ4n) is 5.19. The van der Waals surface area contributed by atoms with E-state index in [9.17, 15) is 9.59 Å². The normalized spacial score (nSPS) is 19.5. The second-order valence-electron chi connectivity index (χ2n) is 10.3. The molecule has 2 amide bonds. The molecule has 0 radical (unpaired) electrons. The number of fused-ring (bicyclic) bond motifs is 1. The van der Waals surface area contributed by atoms with Crippen LogP contribution in [0.3, 0.4) is 0 Å². The molecule has 4 rings (SSSR count). The van der Waals surface area contributed by atoms with Crippen LogP contribution in [0.1, 0.15) is 67.6 Å². The summed E-state index contributed by atoms with van der Waals surface area (Å²) >= 11 is 0. The van der Waals surface area contributed by atoms with Gasteiger partial charge in [0.1, 0.15) is 12.4 Å². The summed E-state index contributed by atoms with van der Waals surface area (Å²) in [7, 11) is 0. The van der Waals surface area contributed by atoms with Crippen molar-refractivity contribution < 1.29 is 19.5 Å². The zero-order valence-electron chi connectivity index (χ0n) is 21.7. The molecule has 8 heteroatoms. The first kappa shape index (κ1) is 26.6. The standard InChI is InChI=1S/C29H36N4O4/c1-19(2)30-23-12-14-29(15-13-23,17-27(34)33-36)32-28(35)21-8-10-24(11-9-21)37-18-22-16-20(3)31-26-7-5-4-6-25(22)26/h4-11,16,19,23,30,36H,12-15,17-18H2,1-3H3,(H,32,35)(H,33,34). The van der Waals surface area contributed by atoms with E-state index in [2.05, 4.69) is 29.5 Å². The van der Waals surface area contributed by atoms with E-state index >= 15 is 0 Å². The molecule has 37 heavy (non-hydrogen) atoms. The number of benzene rings is 2. The maximum Gasteiger partial charge on any atom is 0.251 e. The van der Waals surface area contributed by atoms with Gasteiger partial charge in [-0.05, 0) is 69.0 Å². The van der Waals surface area contributed by atoms with E-state index in [4.69, 9.17) is 9.94 Å². The summed E-state index contributed by atoms with van der Waals surface area (Å²) in [5.74, 6) is -0.0914. The van der Waals surface area contributed by atoms with Gasteiger partial charge in [0, 0.05) is 39.8 Å². The lowest BCUT2D eigenvalue weighted by Gasteiger charge is -2.41. The highest BCUT2D eigenvalue weighted by Crippen LogP contribution is 2.32. The molecule has 0 spiro atoms. The Balaban J connectivity index is 1.41. The molecular formula is C29H36N4O4. The summed E-state index contributed by atoms with van der Waals surface area (Å²) in [4.78, 5) is 29.8. The molecule has 8 nitrogen and oxygen atoms in total. The molecule has 4 N–H and O–H groups in total. The molecule has 196 valence electrons. The Morgan fingerprint density at radius 3 is 2.49 bits per heavy atom. The maximum absolute atomic E-state index is 13.2. The molecule has 0 bridgehead atoms. The lowest BCUT2D eigenvalue weighted by molar-refractivity contribution is -0.131. The van der Waals surface area contributed by atoms with E-state index in [0.29, 0.717) is 42.8 Å². The highest BCUT2D eigenvalue weighted by atomic mass is 16.5. The van der Waals surface area contributed by atoms with E-state index in [1.165, 1.54) is 0 Å². The fourth-order valence-corrected chi connectivity index (χ4v) is 5.19. The van der Waals surface area contributed by atoms with Crippen LogP contribution >= 0.6 is 0 Å². The zero-order valence-corrected chi connectivity index (χ0v) is 21.7. The monoisotopic (exact) mass is 504 g/mol. The number of ether oxygens (including phenoxy) is 1. The van der Waals surface area contributed by atoms with Crippen molar-refractivity contribution in [3.05, 3.63) is 71.4 Å². The fraction of sp³-hybridized carbons (Fsp3) is 0.414. The van der Waals surface area contributed by atoms with E-state index in [1.807, 2.05) is 37.3 Å². The Morgan fingerprint density at radius 1 is 1.11 bits per heavy atom. The second kappa shape index (κ2) is 11.7. The van der Waals surface area contributed by atoms with Crippen LogP contribution in [0, 0.1) is 6.92 Å². The van der Waals surface area contributed by atoms with Crippen LogP contribution in [-0.2, 0) is 11.4 Å². The molecule has 1 fully saturated rings. The first-order valence-corrected chi connectivity index (χ1v) is 12.9. The van der Waals surface area contributed by atoms with Crippen molar-refractivity contribution in [3.63, 3.8) is 0 Å². The van der Waals surface area contributed by atoms with Crippen molar-refractivity contribution >= 4 is 22.7 Å². The summed E-state index contributed by atoms with van der Waals surface area (Å²) in [5, 5.41) is 16.8. The molecule has 0 unspecified atom stereocenters. The molecule has 1 aliphatic carbocycles. The third-order valence-electron chi connectivity index (χ3n) is 6.95. The van der Waals surface area contributed by atoms with Gasteiger partial charge in [-0.25, -0.2) is 5.48 Å². The van der Waals surface area contributed by atoms with Gasteiger partial charge < -0.3 is 15.4 Å². The number of rotatable bonds is 9. The predicted molar refractivity (Wildman–Crippen MR) is 143 cm³/mol. The van der Waals surface area contributed by atoms with Gasteiger partial charge in [-0.15, -0.1) is 0 Å². The number of pyridine rings is 1. The number of aromatic nitrogens is 1.